The van der Waals surface area contributed by atoms with Crippen molar-refractivity contribution in [3.63, 3.8) is 0 Å². The third kappa shape index (κ3) is 5.22. The average molecular weight is 461 g/mol. The minimum absolute atomic E-state index is 0.0388. The van der Waals surface area contributed by atoms with Crippen molar-refractivity contribution in [2.45, 2.75) is 26.4 Å². The molecule has 0 aliphatic carbocycles. The summed E-state index contributed by atoms with van der Waals surface area (Å²) in [5, 5.41) is 10.2. The number of benzene rings is 1. The Morgan fingerprint density at radius 3 is 2.82 bits per heavy atom. The van der Waals surface area contributed by atoms with Gasteiger partial charge in [0.1, 0.15) is 12.4 Å². The van der Waals surface area contributed by atoms with Crippen molar-refractivity contribution in [2.75, 3.05) is 36.2 Å². The standard InChI is InChI=1S/C24H28N8O2/c1-5-21(33)27-18-8-6-7-17(11-18)13-31-10-9-20-16(2)26-24(29-23(20)31)28-19-12-25-32(14-19)15-22(34)30(3)4/h5-8,11-12,14H,1,9-10,13,15H2,2-4H3,(H,27,33)(H,26,28,29). The molecule has 0 bridgehead atoms. The molecular weight excluding hydrogens is 432 g/mol. The van der Waals surface area contributed by atoms with Crippen LogP contribution in [0, 0.1) is 6.92 Å². The molecule has 0 unspecified atom stereocenters. The van der Waals surface area contributed by atoms with E-state index in [1.807, 2.05) is 31.2 Å². The number of hydrogen-bond acceptors (Lipinski definition) is 7. The van der Waals surface area contributed by atoms with Crippen LogP contribution in [-0.4, -0.2) is 57.1 Å². The number of aryl methyl sites for hydroxylation is 1. The maximum absolute atomic E-state index is 11.9. The van der Waals surface area contributed by atoms with Crippen molar-refractivity contribution in [3.8, 4) is 0 Å². The lowest BCUT2D eigenvalue weighted by atomic mass is 10.2. The lowest BCUT2D eigenvalue weighted by Gasteiger charge is -2.19. The van der Waals surface area contributed by atoms with Gasteiger partial charge >= 0.3 is 0 Å². The van der Waals surface area contributed by atoms with Gasteiger partial charge in [-0.3, -0.25) is 14.3 Å². The van der Waals surface area contributed by atoms with Gasteiger partial charge in [-0.25, -0.2) is 4.98 Å². The van der Waals surface area contributed by atoms with Crippen molar-refractivity contribution >= 4 is 35.0 Å². The summed E-state index contributed by atoms with van der Waals surface area (Å²) in [4.78, 5) is 36.7. The summed E-state index contributed by atoms with van der Waals surface area (Å²) in [7, 11) is 3.43. The van der Waals surface area contributed by atoms with Gasteiger partial charge in [0, 0.05) is 50.3 Å². The number of carbonyl (C=O) groups excluding carboxylic acids is 2. The van der Waals surface area contributed by atoms with Crippen LogP contribution in [0.3, 0.4) is 0 Å². The van der Waals surface area contributed by atoms with Gasteiger partial charge < -0.3 is 20.4 Å². The van der Waals surface area contributed by atoms with E-state index >= 15 is 0 Å². The van der Waals surface area contributed by atoms with Crippen LogP contribution in [0.25, 0.3) is 0 Å². The molecule has 1 aliphatic rings. The highest BCUT2D eigenvalue weighted by Crippen LogP contribution is 2.31. The fourth-order valence-electron chi connectivity index (χ4n) is 3.78. The number of nitrogens with one attached hydrogen (secondary N) is 2. The number of fused-ring (bicyclic) bond motifs is 1. The van der Waals surface area contributed by atoms with Crippen LogP contribution >= 0.6 is 0 Å². The Bertz CT molecular complexity index is 1230. The Hall–Kier alpha value is -4.21. The predicted molar refractivity (Wildman–Crippen MR) is 131 cm³/mol. The lowest BCUT2D eigenvalue weighted by Crippen LogP contribution is -2.26. The van der Waals surface area contributed by atoms with Crippen LogP contribution in [-0.2, 0) is 29.1 Å². The van der Waals surface area contributed by atoms with Gasteiger partial charge in [-0.05, 0) is 37.1 Å². The Balaban J connectivity index is 1.49. The third-order valence-electron chi connectivity index (χ3n) is 5.56. The minimum Gasteiger partial charge on any atom is -0.352 e. The molecule has 0 fully saturated rings. The summed E-state index contributed by atoms with van der Waals surface area (Å²) in [5.74, 6) is 1.10. The molecule has 34 heavy (non-hydrogen) atoms. The quantitative estimate of drug-likeness (QED) is 0.497. The summed E-state index contributed by atoms with van der Waals surface area (Å²) in [5.41, 5.74) is 4.56. The van der Waals surface area contributed by atoms with Gasteiger partial charge in [0.15, 0.2) is 0 Å². The first-order valence-electron chi connectivity index (χ1n) is 11.0. The van der Waals surface area contributed by atoms with Crippen LogP contribution in [0.2, 0.25) is 0 Å². The number of anilines is 4. The van der Waals surface area contributed by atoms with Crippen molar-refractivity contribution in [1.82, 2.24) is 24.6 Å². The molecule has 1 aromatic carbocycles. The van der Waals surface area contributed by atoms with Gasteiger partial charge in [-0.1, -0.05) is 18.7 Å². The van der Waals surface area contributed by atoms with Gasteiger partial charge in [0.25, 0.3) is 0 Å². The van der Waals surface area contributed by atoms with Crippen molar-refractivity contribution in [2.24, 2.45) is 0 Å². The van der Waals surface area contributed by atoms with Crippen molar-refractivity contribution < 1.29 is 9.59 Å². The van der Waals surface area contributed by atoms with Gasteiger partial charge in [0.2, 0.25) is 17.8 Å². The maximum atomic E-state index is 11.9. The molecule has 176 valence electrons. The first-order chi connectivity index (χ1) is 16.3. The highest BCUT2D eigenvalue weighted by molar-refractivity contribution is 5.98. The topological polar surface area (TPSA) is 108 Å². The molecule has 0 saturated carbocycles. The molecular formula is C24H28N8O2. The zero-order valence-corrected chi connectivity index (χ0v) is 19.6. The molecule has 2 aromatic heterocycles. The summed E-state index contributed by atoms with van der Waals surface area (Å²) < 4.78 is 1.58. The average Bonchev–Trinajstić information content (AvgIpc) is 3.41. The zero-order chi connectivity index (χ0) is 24.2. The molecule has 2 N–H and O–H groups in total. The first kappa shape index (κ1) is 23.0. The van der Waals surface area contributed by atoms with E-state index in [-0.39, 0.29) is 18.4 Å². The predicted octanol–water partition coefficient (Wildman–Crippen LogP) is 2.50. The molecule has 1 aliphatic heterocycles. The number of rotatable bonds is 8. The van der Waals surface area contributed by atoms with Crippen LogP contribution in [0.4, 0.5) is 23.1 Å². The second-order valence-corrected chi connectivity index (χ2v) is 8.34. The van der Waals surface area contributed by atoms with Crippen LogP contribution in [0.15, 0.2) is 49.3 Å². The molecule has 0 atom stereocenters. The maximum Gasteiger partial charge on any atom is 0.247 e. The first-order valence-corrected chi connectivity index (χ1v) is 11.0. The second-order valence-electron chi connectivity index (χ2n) is 8.34. The number of carbonyl (C=O) groups is 2. The number of likely N-dealkylation sites (N-methyl/N-ethyl adjacent to an activating group) is 1. The van der Waals surface area contributed by atoms with Crippen LogP contribution < -0.4 is 15.5 Å². The zero-order valence-electron chi connectivity index (χ0n) is 19.6. The SMILES string of the molecule is C=CC(=O)Nc1cccc(CN2CCc3c(C)nc(Nc4cnn(CC(=O)N(C)C)c4)nc32)c1. The number of aromatic nitrogens is 4. The van der Waals surface area contributed by atoms with Crippen LogP contribution in [0.1, 0.15) is 16.8 Å². The van der Waals surface area contributed by atoms with E-state index in [4.69, 9.17) is 4.98 Å². The molecule has 0 radical (unpaired) electrons. The number of nitrogens with zero attached hydrogens (tertiary/aromatic N) is 6. The highest BCUT2D eigenvalue weighted by atomic mass is 16.2. The summed E-state index contributed by atoms with van der Waals surface area (Å²) in [6.45, 7) is 7.14. The molecule has 0 spiro atoms. The molecule has 0 saturated heterocycles. The Morgan fingerprint density at radius 1 is 1.24 bits per heavy atom. The van der Waals surface area contributed by atoms with Crippen molar-refractivity contribution in [3.05, 3.63) is 66.1 Å². The van der Waals surface area contributed by atoms with E-state index < -0.39 is 0 Å². The second kappa shape index (κ2) is 9.74. The summed E-state index contributed by atoms with van der Waals surface area (Å²) in [6.07, 6.45) is 5.53. The fraction of sp³-hybridized carbons (Fsp3) is 0.292. The molecule has 10 nitrogen and oxygen atoms in total. The highest BCUT2D eigenvalue weighted by Gasteiger charge is 2.24. The van der Waals surface area contributed by atoms with E-state index in [1.54, 1.807) is 31.2 Å². The molecule has 4 rings (SSSR count). The van der Waals surface area contributed by atoms with Gasteiger partial charge in [-0.2, -0.15) is 10.1 Å². The fourth-order valence-corrected chi connectivity index (χ4v) is 3.78. The van der Waals surface area contributed by atoms with E-state index in [0.29, 0.717) is 18.2 Å². The lowest BCUT2D eigenvalue weighted by molar-refractivity contribution is -0.129. The third-order valence-corrected chi connectivity index (χ3v) is 5.56. The largest absolute Gasteiger partial charge is 0.352 e. The Kier molecular flexibility index (Phi) is 6.58. The van der Waals surface area contributed by atoms with E-state index in [0.717, 1.165) is 41.3 Å². The normalized spacial score (nSPS) is 12.3. The monoisotopic (exact) mass is 460 g/mol. The van der Waals surface area contributed by atoms with E-state index in [1.165, 1.54) is 11.0 Å². The number of hydrogen-bond donors (Lipinski definition) is 2. The Labute approximate surface area is 198 Å². The number of amides is 2. The van der Waals surface area contributed by atoms with Gasteiger partial charge in [0.05, 0.1) is 11.9 Å². The van der Waals surface area contributed by atoms with Gasteiger partial charge in [-0.15, -0.1) is 0 Å². The molecule has 10 heteroatoms. The van der Waals surface area contributed by atoms with E-state index in [9.17, 15) is 9.59 Å². The van der Waals surface area contributed by atoms with Crippen LogP contribution in [0.5, 0.6) is 0 Å². The smallest absolute Gasteiger partial charge is 0.247 e. The summed E-state index contributed by atoms with van der Waals surface area (Å²) >= 11 is 0. The molecule has 3 aromatic rings. The summed E-state index contributed by atoms with van der Waals surface area (Å²) in [6, 6.07) is 7.75. The van der Waals surface area contributed by atoms with E-state index in [2.05, 4.69) is 32.2 Å². The Morgan fingerprint density at radius 2 is 2.06 bits per heavy atom. The molecule has 3 heterocycles. The molecule has 2 amide bonds. The minimum atomic E-state index is -0.239. The van der Waals surface area contributed by atoms with Crippen molar-refractivity contribution in [1.29, 1.82) is 0 Å².